The summed E-state index contributed by atoms with van der Waals surface area (Å²) >= 11 is 0. The zero-order valence-corrected chi connectivity index (χ0v) is 11.4. The molecule has 6 nitrogen and oxygen atoms in total. The number of phenolic OH excluding ortho intramolecular Hbond substituents is 1. The lowest BCUT2D eigenvalue weighted by Crippen LogP contribution is -1.90. The van der Waals surface area contributed by atoms with Crippen molar-refractivity contribution in [2.75, 3.05) is 5.73 Å². The first-order chi connectivity index (χ1) is 10.2. The lowest BCUT2D eigenvalue weighted by Gasteiger charge is -2.01. The van der Waals surface area contributed by atoms with E-state index in [4.69, 9.17) is 10.3 Å². The lowest BCUT2D eigenvalue weighted by atomic mass is 10.1. The Bertz CT molecular complexity index is 783. The SMILES string of the molecule is CCc1cnccc1-c1noc(-c2ccc(N)c(O)c2)n1. The first kappa shape index (κ1) is 13.1. The van der Waals surface area contributed by atoms with Crippen molar-refractivity contribution in [3.63, 3.8) is 0 Å². The highest BCUT2D eigenvalue weighted by atomic mass is 16.5. The predicted molar refractivity (Wildman–Crippen MR) is 78.4 cm³/mol. The number of phenols is 1. The molecule has 0 saturated heterocycles. The Hall–Kier alpha value is -2.89. The zero-order chi connectivity index (χ0) is 14.8. The van der Waals surface area contributed by atoms with Gasteiger partial charge in [-0.25, -0.2) is 0 Å². The standard InChI is InChI=1S/C15H14N4O2/c1-2-9-8-17-6-5-11(9)14-18-15(21-19-14)10-3-4-12(16)13(20)7-10/h3-8,20H,2,16H2,1H3. The highest BCUT2D eigenvalue weighted by molar-refractivity contribution is 5.66. The summed E-state index contributed by atoms with van der Waals surface area (Å²) < 4.78 is 5.27. The fourth-order valence-corrected chi connectivity index (χ4v) is 2.05. The topological polar surface area (TPSA) is 98.1 Å². The Morgan fingerprint density at radius 2 is 2.14 bits per heavy atom. The molecule has 0 saturated carbocycles. The van der Waals surface area contributed by atoms with Gasteiger partial charge in [0, 0.05) is 23.5 Å². The summed E-state index contributed by atoms with van der Waals surface area (Å²) in [6, 6.07) is 6.67. The molecule has 1 aromatic carbocycles. The van der Waals surface area contributed by atoms with Crippen molar-refractivity contribution in [1.82, 2.24) is 15.1 Å². The summed E-state index contributed by atoms with van der Waals surface area (Å²) in [5.74, 6) is 0.824. The third-order valence-electron chi connectivity index (χ3n) is 3.23. The normalized spacial score (nSPS) is 10.7. The number of nitrogen functional groups attached to an aromatic ring is 1. The number of nitrogens with two attached hydrogens (primary N) is 1. The number of rotatable bonds is 3. The molecule has 3 N–H and O–H groups in total. The average molecular weight is 282 g/mol. The van der Waals surface area contributed by atoms with Crippen molar-refractivity contribution in [3.05, 3.63) is 42.2 Å². The van der Waals surface area contributed by atoms with Crippen LogP contribution in [0.1, 0.15) is 12.5 Å². The van der Waals surface area contributed by atoms with Crippen molar-refractivity contribution in [1.29, 1.82) is 0 Å². The maximum Gasteiger partial charge on any atom is 0.258 e. The molecular weight excluding hydrogens is 268 g/mol. The monoisotopic (exact) mass is 282 g/mol. The summed E-state index contributed by atoms with van der Waals surface area (Å²) in [6.45, 7) is 2.04. The van der Waals surface area contributed by atoms with E-state index in [0.29, 0.717) is 23.0 Å². The summed E-state index contributed by atoms with van der Waals surface area (Å²) in [7, 11) is 0. The van der Waals surface area contributed by atoms with Gasteiger partial charge in [-0.2, -0.15) is 4.98 Å². The highest BCUT2D eigenvalue weighted by Crippen LogP contribution is 2.29. The van der Waals surface area contributed by atoms with Gasteiger partial charge in [-0.3, -0.25) is 4.98 Å². The Morgan fingerprint density at radius 3 is 2.90 bits per heavy atom. The van der Waals surface area contributed by atoms with Crippen molar-refractivity contribution < 1.29 is 9.63 Å². The number of aromatic hydroxyl groups is 1. The van der Waals surface area contributed by atoms with Gasteiger partial charge in [0.25, 0.3) is 5.89 Å². The second kappa shape index (κ2) is 5.24. The fraction of sp³-hybridized carbons (Fsp3) is 0.133. The van der Waals surface area contributed by atoms with E-state index in [-0.39, 0.29) is 5.75 Å². The van der Waals surface area contributed by atoms with Crippen LogP contribution in [0.3, 0.4) is 0 Å². The minimum atomic E-state index is -0.00888. The second-order valence-corrected chi connectivity index (χ2v) is 4.58. The first-order valence-electron chi connectivity index (χ1n) is 6.55. The molecule has 0 unspecified atom stereocenters. The van der Waals surface area contributed by atoms with Crippen LogP contribution in [0.25, 0.3) is 22.8 Å². The van der Waals surface area contributed by atoms with Crippen LogP contribution >= 0.6 is 0 Å². The Kier molecular flexibility index (Phi) is 3.27. The summed E-state index contributed by atoms with van der Waals surface area (Å²) in [5.41, 5.74) is 8.44. The number of aromatic nitrogens is 3. The molecule has 0 spiro atoms. The van der Waals surface area contributed by atoms with Gasteiger partial charge in [0.2, 0.25) is 5.82 Å². The van der Waals surface area contributed by atoms with Gasteiger partial charge >= 0.3 is 0 Å². The molecule has 2 heterocycles. The van der Waals surface area contributed by atoms with Gasteiger partial charge in [0.1, 0.15) is 5.75 Å². The Labute approximate surface area is 121 Å². The van der Waals surface area contributed by atoms with Crippen molar-refractivity contribution in [3.8, 4) is 28.6 Å². The fourth-order valence-electron chi connectivity index (χ4n) is 2.05. The van der Waals surface area contributed by atoms with E-state index in [1.807, 2.05) is 13.0 Å². The van der Waals surface area contributed by atoms with Crippen molar-refractivity contribution in [2.45, 2.75) is 13.3 Å². The number of anilines is 1. The van der Waals surface area contributed by atoms with Crippen LogP contribution in [-0.2, 0) is 6.42 Å². The molecule has 3 aromatic rings. The third-order valence-corrected chi connectivity index (χ3v) is 3.23. The molecular formula is C15H14N4O2. The largest absolute Gasteiger partial charge is 0.506 e. The van der Waals surface area contributed by atoms with E-state index < -0.39 is 0 Å². The molecule has 0 amide bonds. The van der Waals surface area contributed by atoms with E-state index in [9.17, 15) is 5.11 Å². The first-order valence-corrected chi connectivity index (χ1v) is 6.55. The van der Waals surface area contributed by atoms with Gasteiger partial charge in [0.05, 0.1) is 5.69 Å². The van der Waals surface area contributed by atoms with Crippen LogP contribution in [0.4, 0.5) is 5.69 Å². The van der Waals surface area contributed by atoms with Crippen LogP contribution in [-0.4, -0.2) is 20.2 Å². The van der Waals surface area contributed by atoms with E-state index >= 15 is 0 Å². The van der Waals surface area contributed by atoms with E-state index in [2.05, 4.69) is 15.1 Å². The van der Waals surface area contributed by atoms with Crippen LogP contribution in [0.2, 0.25) is 0 Å². The Morgan fingerprint density at radius 1 is 1.29 bits per heavy atom. The average Bonchev–Trinajstić information content (AvgIpc) is 2.99. The summed E-state index contributed by atoms with van der Waals surface area (Å²) in [4.78, 5) is 8.47. The number of hydrogen-bond donors (Lipinski definition) is 2. The molecule has 0 radical (unpaired) electrons. The molecule has 0 bridgehead atoms. The van der Waals surface area contributed by atoms with Crippen LogP contribution < -0.4 is 5.73 Å². The molecule has 21 heavy (non-hydrogen) atoms. The minimum absolute atomic E-state index is 0.00888. The van der Waals surface area contributed by atoms with Crippen molar-refractivity contribution >= 4 is 5.69 Å². The van der Waals surface area contributed by atoms with Gasteiger partial charge in [0.15, 0.2) is 0 Å². The quantitative estimate of drug-likeness (QED) is 0.566. The summed E-state index contributed by atoms with van der Waals surface area (Å²) in [5, 5.41) is 13.6. The summed E-state index contributed by atoms with van der Waals surface area (Å²) in [6.07, 6.45) is 4.32. The maximum atomic E-state index is 9.64. The zero-order valence-electron chi connectivity index (χ0n) is 11.4. The van der Waals surface area contributed by atoms with Gasteiger partial charge in [-0.15, -0.1) is 0 Å². The number of nitrogens with zero attached hydrogens (tertiary/aromatic N) is 3. The molecule has 3 rings (SSSR count). The Balaban J connectivity index is 2.01. The molecule has 0 aliphatic carbocycles. The number of benzene rings is 1. The molecule has 2 aromatic heterocycles. The molecule has 0 aliphatic heterocycles. The van der Waals surface area contributed by atoms with Crippen LogP contribution in [0.15, 0.2) is 41.2 Å². The smallest absolute Gasteiger partial charge is 0.258 e. The number of hydrogen-bond acceptors (Lipinski definition) is 6. The minimum Gasteiger partial charge on any atom is -0.506 e. The van der Waals surface area contributed by atoms with E-state index in [1.54, 1.807) is 24.5 Å². The third kappa shape index (κ3) is 2.43. The second-order valence-electron chi connectivity index (χ2n) is 4.58. The van der Waals surface area contributed by atoms with Crippen LogP contribution in [0.5, 0.6) is 5.75 Å². The van der Waals surface area contributed by atoms with Gasteiger partial charge in [-0.05, 0) is 36.2 Å². The van der Waals surface area contributed by atoms with E-state index in [0.717, 1.165) is 17.5 Å². The lowest BCUT2D eigenvalue weighted by molar-refractivity contribution is 0.431. The molecule has 0 aliphatic rings. The van der Waals surface area contributed by atoms with E-state index in [1.165, 1.54) is 6.07 Å². The predicted octanol–water partition coefficient (Wildman–Crippen LogP) is 2.65. The highest BCUT2D eigenvalue weighted by Gasteiger charge is 2.14. The molecule has 0 atom stereocenters. The molecule has 106 valence electrons. The maximum absolute atomic E-state index is 9.64. The number of aryl methyl sites for hydroxylation is 1. The van der Waals surface area contributed by atoms with Gasteiger partial charge in [-0.1, -0.05) is 12.1 Å². The number of pyridine rings is 1. The van der Waals surface area contributed by atoms with Gasteiger partial charge < -0.3 is 15.4 Å². The van der Waals surface area contributed by atoms with Crippen molar-refractivity contribution in [2.24, 2.45) is 0 Å². The van der Waals surface area contributed by atoms with Crippen LogP contribution in [0, 0.1) is 0 Å². The molecule has 6 heteroatoms. The molecule has 0 fully saturated rings.